The van der Waals surface area contributed by atoms with Crippen molar-refractivity contribution >= 4 is 39.9 Å². The van der Waals surface area contributed by atoms with Crippen molar-refractivity contribution in [1.82, 2.24) is 4.98 Å². The molecule has 3 rings (SSSR count). The number of hydrogen-bond donors (Lipinski definition) is 0. The second-order valence-corrected chi connectivity index (χ2v) is 11.4. The number of aryl methyl sites for hydroxylation is 1. The third-order valence-electron chi connectivity index (χ3n) is 7.47. The standard InChI is InChI=1S/C31H46N4OS/c1-7-11-16-25(9-3)21-34(22-26(10-4)17-12-8-2)31-32-24(6)29(37-31)20-28-23(5)33-35(30(28)36)27-18-14-13-15-19-27/h13-15,18-20,25-26H,7-12,16-17,21-22H2,1-6H3/b28-20-. The molecule has 6 heteroatoms. The van der Waals surface area contributed by atoms with Crippen molar-refractivity contribution in [3.05, 3.63) is 46.5 Å². The summed E-state index contributed by atoms with van der Waals surface area (Å²) in [4.78, 5) is 21.9. The number of hydrazone groups is 1. The molecular weight excluding hydrogens is 476 g/mol. The average molecular weight is 523 g/mol. The van der Waals surface area contributed by atoms with E-state index in [1.165, 1.54) is 56.4 Å². The van der Waals surface area contributed by atoms with Gasteiger partial charge in [0.15, 0.2) is 5.13 Å². The van der Waals surface area contributed by atoms with Crippen molar-refractivity contribution in [2.75, 3.05) is 23.0 Å². The van der Waals surface area contributed by atoms with Crippen LogP contribution in [-0.2, 0) is 4.79 Å². The van der Waals surface area contributed by atoms with Gasteiger partial charge in [0, 0.05) is 13.1 Å². The number of amides is 1. The summed E-state index contributed by atoms with van der Waals surface area (Å²) in [7, 11) is 0. The number of carbonyl (C=O) groups is 1. The van der Waals surface area contributed by atoms with Gasteiger partial charge in [0.25, 0.3) is 5.91 Å². The van der Waals surface area contributed by atoms with Crippen molar-refractivity contribution in [1.29, 1.82) is 0 Å². The van der Waals surface area contributed by atoms with Gasteiger partial charge in [-0.05, 0) is 56.7 Å². The Balaban J connectivity index is 1.87. The van der Waals surface area contributed by atoms with Crippen LogP contribution >= 0.6 is 11.3 Å². The Kier molecular flexibility index (Phi) is 11.4. The Bertz CT molecular complexity index is 1040. The summed E-state index contributed by atoms with van der Waals surface area (Å²) >= 11 is 1.72. The number of aromatic nitrogens is 1. The van der Waals surface area contributed by atoms with Crippen LogP contribution in [0.25, 0.3) is 6.08 Å². The molecule has 2 aromatic rings. The molecule has 2 atom stereocenters. The van der Waals surface area contributed by atoms with Crippen LogP contribution < -0.4 is 9.91 Å². The molecule has 0 bridgehead atoms. The summed E-state index contributed by atoms with van der Waals surface area (Å²) in [6, 6.07) is 9.63. The number of para-hydroxylation sites is 1. The van der Waals surface area contributed by atoms with Crippen LogP contribution in [-0.4, -0.2) is 29.7 Å². The maximum Gasteiger partial charge on any atom is 0.280 e. The van der Waals surface area contributed by atoms with E-state index in [9.17, 15) is 4.79 Å². The van der Waals surface area contributed by atoms with E-state index in [1.54, 1.807) is 11.3 Å². The van der Waals surface area contributed by atoms with Crippen LogP contribution in [0.2, 0.25) is 0 Å². The van der Waals surface area contributed by atoms with Crippen LogP contribution in [0.5, 0.6) is 0 Å². The van der Waals surface area contributed by atoms with E-state index >= 15 is 0 Å². The lowest BCUT2D eigenvalue weighted by atomic mass is 9.96. The highest BCUT2D eigenvalue weighted by Crippen LogP contribution is 2.33. The molecule has 0 saturated carbocycles. The molecule has 37 heavy (non-hydrogen) atoms. The molecule has 0 fully saturated rings. The first-order valence-corrected chi connectivity index (χ1v) is 15.1. The lowest BCUT2D eigenvalue weighted by Crippen LogP contribution is -2.34. The van der Waals surface area contributed by atoms with E-state index < -0.39 is 0 Å². The summed E-state index contributed by atoms with van der Waals surface area (Å²) in [5, 5.41) is 7.15. The van der Waals surface area contributed by atoms with Crippen LogP contribution in [0, 0.1) is 18.8 Å². The molecule has 0 N–H and O–H groups in total. The number of hydrogen-bond acceptors (Lipinski definition) is 5. The first kappa shape index (κ1) is 29.1. The van der Waals surface area contributed by atoms with Crippen LogP contribution in [0.3, 0.4) is 0 Å². The van der Waals surface area contributed by atoms with Crippen molar-refractivity contribution in [2.45, 2.75) is 92.9 Å². The van der Waals surface area contributed by atoms with Gasteiger partial charge in [0.05, 0.1) is 27.5 Å². The molecule has 2 heterocycles. The second kappa shape index (κ2) is 14.5. The van der Waals surface area contributed by atoms with Gasteiger partial charge in [0.1, 0.15) is 0 Å². The van der Waals surface area contributed by atoms with Crippen molar-refractivity contribution in [3.8, 4) is 0 Å². The monoisotopic (exact) mass is 522 g/mol. The van der Waals surface area contributed by atoms with E-state index in [0.29, 0.717) is 17.4 Å². The topological polar surface area (TPSA) is 48.8 Å². The van der Waals surface area contributed by atoms with E-state index in [0.717, 1.165) is 40.2 Å². The van der Waals surface area contributed by atoms with Crippen molar-refractivity contribution in [3.63, 3.8) is 0 Å². The van der Waals surface area contributed by atoms with E-state index in [2.05, 4.69) is 44.6 Å². The molecule has 1 aliphatic rings. The third kappa shape index (κ3) is 7.76. The Hall–Kier alpha value is -2.47. The molecule has 202 valence electrons. The average Bonchev–Trinajstić information content (AvgIpc) is 3.42. The predicted octanol–water partition coefficient (Wildman–Crippen LogP) is 8.50. The quantitative estimate of drug-likeness (QED) is 0.220. The third-order valence-corrected chi connectivity index (χ3v) is 8.64. The van der Waals surface area contributed by atoms with Gasteiger partial charge in [0.2, 0.25) is 0 Å². The fourth-order valence-electron chi connectivity index (χ4n) is 4.91. The molecule has 1 amide bonds. The van der Waals surface area contributed by atoms with Gasteiger partial charge in [-0.15, -0.1) is 0 Å². The largest absolute Gasteiger partial charge is 0.348 e. The van der Waals surface area contributed by atoms with E-state index in [4.69, 9.17) is 4.98 Å². The Morgan fingerprint density at radius 1 is 0.946 bits per heavy atom. The van der Waals surface area contributed by atoms with Crippen molar-refractivity contribution < 1.29 is 4.79 Å². The highest BCUT2D eigenvalue weighted by atomic mass is 32.1. The summed E-state index contributed by atoms with van der Waals surface area (Å²) < 4.78 is 0. The molecular formula is C31H46N4OS. The van der Waals surface area contributed by atoms with Crippen LogP contribution in [0.4, 0.5) is 10.8 Å². The minimum absolute atomic E-state index is 0.0777. The molecule has 0 saturated heterocycles. The van der Waals surface area contributed by atoms with Crippen molar-refractivity contribution in [2.24, 2.45) is 16.9 Å². The summed E-state index contributed by atoms with van der Waals surface area (Å²) in [5.41, 5.74) is 3.17. The fraction of sp³-hybridized carbons (Fsp3) is 0.581. The second-order valence-electron chi connectivity index (χ2n) is 10.4. The summed E-state index contributed by atoms with van der Waals surface area (Å²) in [6.07, 6.45) is 12.0. The van der Waals surface area contributed by atoms with Gasteiger partial charge in [-0.2, -0.15) is 10.1 Å². The highest BCUT2D eigenvalue weighted by Gasteiger charge is 2.29. The van der Waals surface area contributed by atoms with Gasteiger partial charge >= 0.3 is 0 Å². The molecule has 5 nitrogen and oxygen atoms in total. The van der Waals surface area contributed by atoms with Crippen LogP contribution in [0.1, 0.15) is 96.6 Å². The normalized spacial score (nSPS) is 16.4. The molecule has 2 unspecified atom stereocenters. The zero-order chi connectivity index (χ0) is 26.8. The predicted molar refractivity (Wildman–Crippen MR) is 161 cm³/mol. The number of benzene rings is 1. The smallest absolute Gasteiger partial charge is 0.280 e. The Morgan fingerprint density at radius 2 is 1.54 bits per heavy atom. The zero-order valence-corrected chi connectivity index (χ0v) is 24.6. The fourth-order valence-corrected chi connectivity index (χ4v) is 5.94. The minimum atomic E-state index is -0.0777. The number of carbonyl (C=O) groups excluding carboxylic acids is 1. The minimum Gasteiger partial charge on any atom is -0.348 e. The molecule has 1 aliphatic heterocycles. The lowest BCUT2D eigenvalue weighted by Gasteiger charge is -2.30. The molecule has 0 radical (unpaired) electrons. The number of thiazole rings is 1. The van der Waals surface area contributed by atoms with E-state index in [-0.39, 0.29) is 5.91 Å². The number of rotatable bonds is 15. The first-order chi connectivity index (χ1) is 17.9. The Labute approximate surface area is 228 Å². The summed E-state index contributed by atoms with van der Waals surface area (Å²) in [6.45, 7) is 15.3. The SMILES string of the molecule is CCCCC(CC)CN(CC(CC)CCCC)c1nc(C)c(/C=C2\C(=O)N(c3ccccc3)N=C2C)s1. The maximum absolute atomic E-state index is 13.3. The van der Waals surface area contributed by atoms with Crippen LogP contribution in [0.15, 0.2) is 41.0 Å². The molecule has 0 aliphatic carbocycles. The molecule has 0 spiro atoms. The zero-order valence-electron chi connectivity index (χ0n) is 23.8. The number of unbranched alkanes of at least 4 members (excludes halogenated alkanes) is 2. The van der Waals surface area contributed by atoms with E-state index in [1.807, 2.05) is 43.3 Å². The summed E-state index contributed by atoms with van der Waals surface area (Å²) in [5.74, 6) is 1.28. The van der Waals surface area contributed by atoms with Gasteiger partial charge < -0.3 is 4.90 Å². The number of nitrogens with zero attached hydrogens (tertiary/aromatic N) is 4. The highest BCUT2D eigenvalue weighted by molar-refractivity contribution is 7.16. The Morgan fingerprint density at radius 3 is 2.08 bits per heavy atom. The molecule has 1 aromatic heterocycles. The maximum atomic E-state index is 13.3. The first-order valence-electron chi connectivity index (χ1n) is 14.3. The lowest BCUT2D eigenvalue weighted by molar-refractivity contribution is -0.114. The van der Waals surface area contributed by atoms with Gasteiger partial charge in [-0.3, -0.25) is 4.79 Å². The molecule has 1 aromatic carbocycles. The van der Waals surface area contributed by atoms with Gasteiger partial charge in [-0.25, -0.2) is 4.98 Å². The number of anilines is 2. The van der Waals surface area contributed by atoms with Gasteiger partial charge in [-0.1, -0.05) is 95.8 Å².